The van der Waals surface area contributed by atoms with Gasteiger partial charge in [-0.2, -0.15) is 4.31 Å². The van der Waals surface area contributed by atoms with Gasteiger partial charge >= 0.3 is 0 Å². The fourth-order valence-electron chi connectivity index (χ4n) is 2.04. The quantitative estimate of drug-likeness (QED) is 0.822. The van der Waals surface area contributed by atoms with E-state index in [4.69, 9.17) is 0 Å². The number of sulfonamides is 1. The number of hydrogen-bond acceptors (Lipinski definition) is 4. The van der Waals surface area contributed by atoms with E-state index in [0.717, 1.165) is 16.6 Å². The molecule has 102 valence electrons. The molecule has 1 fully saturated rings. The van der Waals surface area contributed by atoms with Crippen molar-refractivity contribution in [1.29, 1.82) is 0 Å². The summed E-state index contributed by atoms with van der Waals surface area (Å²) in [5, 5.41) is 3.15. The van der Waals surface area contributed by atoms with E-state index in [1.807, 2.05) is 7.05 Å². The number of hydrogen-bond donors (Lipinski definition) is 1. The Morgan fingerprint density at radius 1 is 1.50 bits per heavy atom. The number of thiophene rings is 1. The minimum Gasteiger partial charge on any atom is -0.316 e. The molecule has 0 saturated carbocycles. The van der Waals surface area contributed by atoms with E-state index in [1.54, 1.807) is 10.4 Å². The molecule has 1 atom stereocenters. The van der Waals surface area contributed by atoms with Crippen molar-refractivity contribution in [2.75, 3.05) is 20.1 Å². The lowest BCUT2D eigenvalue weighted by atomic mass is 10.1. The molecule has 1 N–H and O–H groups in total. The summed E-state index contributed by atoms with van der Waals surface area (Å²) >= 11 is 8.02. The van der Waals surface area contributed by atoms with Crippen molar-refractivity contribution in [3.05, 3.63) is 13.6 Å². The number of piperidine rings is 1. The molecule has 0 amide bonds. The highest BCUT2D eigenvalue weighted by molar-refractivity contribution is 9.12. The van der Waals surface area contributed by atoms with Crippen molar-refractivity contribution < 1.29 is 8.42 Å². The van der Waals surface area contributed by atoms with Crippen molar-refractivity contribution in [2.45, 2.75) is 23.8 Å². The standard InChI is InChI=1S/C10H14Br2N2O2S2/c1-13-7-3-2-4-14(6-7)18(15,16)8-5-9(11)17-10(8)12/h5,7,13H,2-4,6H2,1H3. The van der Waals surface area contributed by atoms with Gasteiger partial charge in [0, 0.05) is 19.1 Å². The van der Waals surface area contributed by atoms with Crippen LogP contribution in [0, 0.1) is 0 Å². The van der Waals surface area contributed by atoms with Crippen LogP contribution in [0.1, 0.15) is 12.8 Å². The van der Waals surface area contributed by atoms with Gasteiger partial charge in [0.1, 0.15) is 4.90 Å². The molecule has 0 aliphatic carbocycles. The Morgan fingerprint density at radius 3 is 2.78 bits per heavy atom. The zero-order valence-electron chi connectivity index (χ0n) is 9.82. The molecule has 1 saturated heterocycles. The lowest BCUT2D eigenvalue weighted by Crippen LogP contribution is -2.46. The van der Waals surface area contributed by atoms with Gasteiger partial charge in [-0.05, 0) is 57.8 Å². The van der Waals surface area contributed by atoms with Gasteiger partial charge in [-0.15, -0.1) is 11.3 Å². The molecule has 8 heteroatoms. The fourth-order valence-corrected chi connectivity index (χ4v) is 7.32. The van der Waals surface area contributed by atoms with Gasteiger partial charge in [-0.3, -0.25) is 0 Å². The Kier molecular flexibility index (Phi) is 4.88. The number of nitrogens with zero attached hydrogens (tertiary/aromatic N) is 1. The van der Waals surface area contributed by atoms with Crippen LogP contribution in [0.2, 0.25) is 0 Å². The van der Waals surface area contributed by atoms with Gasteiger partial charge in [0.05, 0.1) is 7.57 Å². The minimum absolute atomic E-state index is 0.245. The van der Waals surface area contributed by atoms with Crippen molar-refractivity contribution in [1.82, 2.24) is 9.62 Å². The van der Waals surface area contributed by atoms with E-state index < -0.39 is 10.0 Å². The van der Waals surface area contributed by atoms with Crippen molar-refractivity contribution in [2.24, 2.45) is 0 Å². The predicted molar refractivity (Wildman–Crippen MR) is 80.6 cm³/mol. The van der Waals surface area contributed by atoms with Crippen LogP contribution in [0.15, 0.2) is 18.5 Å². The van der Waals surface area contributed by atoms with E-state index in [2.05, 4.69) is 37.2 Å². The Labute approximate surface area is 128 Å². The zero-order valence-corrected chi connectivity index (χ0v) is 14.6. The largest absolute Gasteiger partial charge is 0.316 e. The van der Waals surface area contributed by atoms with Crippen molar-refractivity contribution in [3.63, 3.8) is 0 Å². The first kappa shape index (κ1) is 14.9. The fraction of sp³-hybridized carbons (Fsp3) is 0.600. The third-order valence-electron chi connectivity index (χ3n) is 3.04. The second kappa shape index (κ2) is 5.88. The summed E-state index contributed by atoms with van der Waals surface area (Å²) in [7, 11) is -1.52. The normalized spacial score (nSPS) is 22.3. The molecule has 0 spiro atoms. The average molecular weight is 418 g/mol. The first-order chi connectivity index (χ1) is 8.45. The maximum Gasteiger partial charge on any atom is 0.245 e. The molecule has 0 aromatic carbocycles. The van der Waals surface area contributed by atoms with Crippen LogP contribution in [-0.2, 0) is 10.0 Å². The Hall–Kier alpha value is 0.530. The van der Waals surface area contributed by atoms with Crippen LogP contribution in [0.3, 0.4) is 0 Å². The highest BCUT2D eigenvalue weighted by Crippen LogP contribution is 2.36. The monoisotopic (exact) mass is 416 g/mol. The number of halogens is 2. The molecule has 1 aliphatic rings. The molecule has 0 radical (unpaired) electrons. The molecule has 0 bridgehead atoms. The SMILES string of the molecule is CNC1CCCN(S(=O)(=O)c2cc(Br)sc2Br)C1. The van der Waals surface area contributed by atoms with Crippen LogP contribution in [0.5, 0.6) is 0 Å². The molecule has 1 unspecified atom stereocenters. The number of rotatable bonds is 3. The van der Waals surface area contributed by atoms with Gasteiger partial charge in [-0.1, -0.05) is 0 Å². The molecule has 2 rings (SSSR count). The van der Waals surface area contributed by atoms with Gasteiger partial charge in [-0.25, -0.2) is 8.42 Å². The second-order valence-electron chi connectivity index (χ2n) is 4.18. The van der Waals surface area contributed by atoms with E-state index >= 15 is 0 Å². The second-order valence-corrected chi connectivity index (χ2v) is 9.84. The highest BCUT2D eigenvalue weighted by atomic mass is 79.9. The highest BCUT2D eigenvalue weighted by Gasteiger charge is 2.31. The van der Waals surface area contributed by atoms with E-state index in [0.29, 0.717) is 21.8 Å². The van der Waals surface area contributed by atoms with Crippen LogP contribution in [0.25, 0.3) is 0 Å². The van der Waals surface area contributed by atoms with Gasteiger partial charge < -0.3 is 5.32 Å². The number of nitrogens with one attached hydrogen (secondary N) is 1. The van der Waals surface area contributed by atoms with E-state index in [9.17, 15) is 8.42 Å². The Morgan fingerprint density at radius 2 is 2.22 bits per heavy atom. The van der Waals surface area contributed by atoms with E-state index in [-0.39, 0.29) is 6.04 Å². The summed E-state index contributed by atoms with van der Waals surface area (Å²) in [6, 6.07) is 1.90. The summed E-state index contributed by atoms with van der Waals surface area (Å²) in [6.45, 7) is 1.14. The third kappa shape index (κ3) is 2.99. The molecular formula is C10H14Br2N2O2S2. The first-order valence-electron chi connectivity index (χ1n) is 5.57. The maximum absolute atomic E-state index is 12.5. The summed E-state index contributed by atoms with van der Waals surface area (Å²) in [5.74, 6) is 0. The number of likely N-dealkylation sites (N-methyl/N-ethyl adjacent to an activating group) is 1. The molecule has 1 aromatic rings. The molecule has 1 aromatic heterocycles. The van der Waals surface area contributed by atoms with Gasteiger partial charge in [0.15, 0.2) is 0 Å². The Balaban J connectivity index is 2.28. The van der Waals surface area contributed by atoms with Crippen LogP contribution in [-0.4, -0.2) is 38.9 Å². The summed E-state index contributed by atoms with van der Waals surface area (Å²) in [4.78, 5) is 0.358. The molecular weight excluding hydrogens is 404 g/mol. The molecule has 4 nitrogen and oxygen atoms in total. The lowest BCUT2D eigenvalue weighted by Gasteiger charge is -2.31. The van der Waals surface area contributed by atoms with Gasteiger partial charge in [0.25, 0.3) is 0 Å². The predicted octanol–water partition coefficient (Wildman–Crippen LogP) is 2.65. The topological polar surface area (TPSA) is 49.4 Å². The average Bonchev–Trinajstić information content (AvgIpc) is 2.69. The third-order valence-corrected chi connectivity index (χ3v) is 7.66. The van der Waals surface area contributed by atoms with Crippen LogP contribution < -0.4 is 5.32 Å². The van der Waals surface area contributed by atoms with Crippen molar-refractivity contribution in [3.8, 4) is 0 Å². The maximum atomic E-state index is 12.5. The molecule has 2 heterocycles. The molecule has 1 aliphatic heterocycles. The summed E-state index contributed by atoms with van der Waals surface area (Å²) in [5.41, 5.74) is 0. The summed E-state index contributed by atoms with van der Waals surface area (Å²) in [6.07, 6.45) is 1.92. The molecule has 18 heavy (non-hydrogen) atoms. The zero-order chi connectivity index (χ0) is 13.3. The smallest absolute Gasteiger partial charge is 0.245 e. The lowest BCUT2D eigenvalue weighted by molar-refractivity contribution is 0.293. The first-order valence-corrected chi connectivity index (χ1v) is 9.41. The Bertz CT molecular complexity index is 530. The van der Waals surface area contributed by atoms with Crippen LogP contribution in [0.4, 0.5) is 0 Å². The van der Waals surface area contributed by atoms with Gasteiger partial charge in [0.2, 0.25) is 10.0 Å². The van der Waals surface area contributed by atoms with E-state index in [1.165, 1.54) is 11.3 Å². The summed E-state index contributed by atoms with van der Waals surface area (Å²) < 4.78 is 28.1. The minimum atomic E-state index is -3.39. The van der Waals surface area contributed by atoms with Crippen LogP contribution >= 0.6 is 43.2 Å². The van der Waals surface area contributed by atoms with Crippen molar-refractivity contribution >= 4 is 53.2 Å².